The summed E-state index contributed by atoms with van der Waals surface area (Å²) in [6.45, 7) is 12.7. The Balaban J connectivity index is 0. The van der Waals surface area contributed by atoms with Crippen molar-refractivity contribution in [2.24, 2.45) is 0 Å². The number of nitrogens with one attached hydrogen (secondary N) is 1. The molecule has 3 heteroatoms. The highest BCUT2D eigenvalue weighted by Gasteiger charge is 2.11. The Bertz CT molecular complexity index is 186. The molecule has 0 unspecified atom stereocenters. The highest BCUT2D eigenvalue weighted by molar-refractivity contribution is 5.93. The lowest BCUT2D eigenvalue weighted by Crippen LogP contribution is -2.24. The normalized spacial score (nSPS) is 14.9. The largest absolute Gasteiger partial charge is 0.496 e. The second kappa shape index (κ2) is 10.1. The first-order chi connectivity index (χ1) is 6.72. The number of hydrogen-bond donors (Lipinski definition) is 1. The minimum absolute atomic E-state index is 0.0185. The first-order valence-corrected chi connectivity index (χ1v) is 5.30. The Kier molecular flexibility index (Phi) is 11.2. The van der Waals surface area contributed by atoms with E-state index >= 15 is 0 Å². The molecular formula is C11H23NO2. The lowest BCUT2D eigenvalue weighted by atomic mass is 10.2. The molecule has 1 rings (SSSR count). The molecule has 1 aliphatic rings. The zero-order valence-corrected chi connectivity index (χ0v) is 10.2. The Morgan fingerprint density at radius 1 is 1.14 bits per heavy atom. The van der Waals surface area contributed by atoms with Gasteiger partial charge in [0.1, 0.15) is 12.4 Å². The van der Waals surface area contributed by atoms with E-state index in [2.05, 4.69) is 5.32 Å². The van der Waals surface area contributed by atoms with E-state index in [1.54, 1.807) is 13.8 Å². The van der Waals surface area contributed by atoms with Gasteiger partial charge in [0.25, 0.3) is 0 Å². The van der Waals surface area contributed by atoms with E-state index < -0.39 is 0 Å². The monoisotopic (exact) mass is 201 g/mol. The number of amides is 1. The molecule has 1 aliphatic heterocycles. The molecule has 0 bridgehead atoms. The molecule has 0 spiro atoms. The van der Waals surface area contributed by atoms with E-state index in [9.17, 15) is 4.79 Å². The topological polar surface area (TPSA) is 38.3 Å². The fraction of sp³-hybridized carbons (Fsp3) is 0.727. The number of rotatable bonds is 0. The highest BCUT2D eigenvalue weighted by atomic mass is 16.5. The predicted molar refractivity (Wildman–Crippen MR) is 60.0 cm³/mol. The molecule has 0 saturated heterocycles. The van der Waals surface area contributed by atoms with Gasteiger partial charge in [-0.2, -0.15) is 0 Å². The third-order valence-electron chi connectivity index (χ3n) is 1.57. The molecule has 0 aromatic rings. The molecule has 0 fully saturated rings. The average Bonchev–Trinajstić information content (AvgIpc) is 2.40. The summed E-state index contributed by atoms with van der Waals surface area (Å²) in [7, 11) is 0. The van der Waals surface area contributed by atoms with Crippen molar-refractivity contribution in [3.63, 3.8) is 0 Å². The van der Waals surface area contributed by atoms with Gasteiger partial charge in [-0.15, -0.1) is 0 Å². The Morgan fingerprint density at radius 3 is 2.14 bits per heavy atom. The number of carbonyl (C=O) groups excluding carboxylic acids is 1. The van der Waals surface area contributed by atoms with Crippen LogP contribution in [0.25, 0.3) is 0 Å². The van der Waals surface area contributed by atoms with E-state index in [1.807, 2.05) is 27.7 Å². The smallest absolute Gasteiger partial charge is 0.250 e. The molecule has 1 heterocycles. The zero-order chi connectivity index (χ0) is 11.6. The van der Waals surface area contributed by atoms with Crippen molar-refractivity contribution < 1.29 is 9.53 Å². The van der Waals surface area contributed by atoms with Gasteiger partial charge in [-0.1, -0.05) is 27.7 Å². The van der Waals surface area contributed by atoms with Gasteiger partial charge in [-0.3, -0.25) is 4.79 Å². The Labute approximate surface area is 87.5 Å². The molecule has 0 atom stereocenters. The van der Waals surface area contributed by atoms with E-state index in [0.717, 1.165) is 5.76 Å². The van der Waals surface area contributed by atoms with Gasteiger partial charge >= 0.3 is 0 Å². The fourth-order valence-electron chi connectivity index (χ4n) is 0.769. The van der Waals surface area contributed by atoms with Crippen LogP contribution in [-0.2, 0) is 9.53 Å². The van der Waals surface area contributed by atoms with E-state index in [1.165, 1.54) is 0 Å². The van der Waals surface area contributed by atoms with Crippen LogP contribution in [0.3, 0.4) is 0 Å². The number of allylic oxidation sites excluding steroid dienone is 1. The van der Waals surface area contributed by atoms with Crippen LogP contribution >= 0.6 is 0 Å². The van der Waals surface area contributed by atoms with Crippen molar-refractivity contribution in [1.29, 1.82) is 0 Å². The summed E-state index contributed by atoms with van der Waals surface area (Å²) in [6.07, 6.45) is 0. The van der Waals surface area contributed by atoms with Crippen molar-refractivity contribution in [2.45, 2.75) is 41.5 Å². The van der Waals surface area contributed by atoms with Crippen LogP contribution < -0.4 is 5.32 Å². The van der Waals surface area contributed by atoms with Gasteiger partial charge in [0, 0.05) is 0 Å². The minimum Gasteiger partial charge on any atom is -0.496 e. The maximum atomic E-state index is 11.0. The van der Waals surface area contributed by atoms with Crippen molar-refractivity contribution in [2.75, 3.05) is 13.2 Å². The molecule has 0 aromatic carbocycles. The van der Waals surface area contributed by atoms with Crippen molar-refractivity contribution >= 4 is 5.91 Å². The maximum Gasteiger partial charge on any atom is 0.250 e. The quantitative estimate of drug-likeness (QED) is 0.654. The number of hydrogen-bond acceptors (Lipinski definition) is 2. The second-order valence-electron chi connectivity index (χ2n) is 2.29. The third kappa shape index (κ3) is 5.62. The number of carbonyl (C=O) groups is 1. The second-order valence-corrected chi connectivity index (χ2v) is 2.29. The van der Waals surface area contributed by atoms with Crippen LogP contribution in [-0.4, -0.2) is 19.1 Å². The third-order valence-corrected chi connectivity index (χ3v) is 1.57. The van der Waals surface area contributed by atoms with Gasteiger partial charge in [-0.05, 0) is 13.8 Å². The summed E-state index contributed by atoms with van der Waals surface area (Å²) in [5, 5.41) is 2.70. The maximum absolute atomic E-state index is 11.0. The lowest BCUT2D eigenvalue weighted by Gasteiger charge is -2.00. The molecular weight excluding hydrogens is 178 g/mol. The number of ether oxygens (including phenoxy) is 1. The summed E-state index contributed by atoms with van der Waals surface area (Å²) in [6, 6.07) is 0. The Morgan fingerprint density at radius 2 is 1.64 bits per heavy atom. The van der Waals surface area contributed by atoms with Gasteiger partial charge in [0.15, 0.2) is 0 Å². The highest BCUT2D eigenvalue weighted by Crippen LogP contribution is 2.06. The summed E-state index contributed by atoms with van der Waals surface area (Å²) >= 11 is 0. The van der Waals surface area contributed by atoms with Crippen molar-refractivity contribution in [3.05, 3.63) is 11.3 Å². The van der Waals surface area contributed by atoms with Crippen LogP contribution in [0.1, 0.15) is 41.5 Å². The standard InChI is InChI=1S/C7H11NO2.2C2H6/c1-5-6(2)10-4-3-8-7(5)9;2*1-2/h3-4H2,1-2H3,(H,8,9);2*1-2H3. The van der Waals surface area contributed by atoms with Crippen LogP contribution in [0, 0.1) is 0 Å². The summed E-state index contributed by atoms with van der Waals surface area (Å²) in [5.41, 5.74) is 0.678. The molecule has 0 saturated carbocycles. The van der Waals surface area contributed by atoms with E-state index in [4.69, 9.17) is 4.74 Å². The Hall–Kier alpha value is -0.990. The minimum atomic E-state index is -0.0185. The van der Waals surface area contributed by atoms with Crippen molar-refractivity contribution in [1.82, 2.24) is 5.32 Å². The van der Waals surface area contributed by atoms with Gasteiger partial charge in [0.2, 0.25) is 5.91 Å². The average molecular weight is 201 g/mol. The van der Waals surface area contributed by atoms with Crippen LogP contribution in [0.5, 0.6) is 0 Å². The van der Waals surface area contributed by atoms with Gasteiger partial charge < -0.3 is 10.1 Å². The lowest BCUT2D eigenvalue weighted by molar-refractivity contribution is -0.117. The molecule has 0 aromatic heterocycles. The fourth-order valence-corrected chi connectivity index (χ4v) is 0.769. The molecule has 0 radical (unpaired) electrons. The summed E-state index contributed by atoms with van der Waals surface area (Å²) < 4.78 is 5.18. The predicted octanol–water partition coefficient (Wildman–Crippen LogP) is 2.48. The van der Waals surface area contributed by atoms with Crippen molar-refractivity contribution in [3.8, 4) is 0 Å². The molecule has 3 nitrogen and oxygen atoms in total. The van der Waals surface area contributed by atoms with Gasteiger partial charge in [-0.25, -0.2) is 0 Å². The summed E-state index contributed by atoms with van der Waals surface area (Å²) in [5.74, 6) is 0.713. The van der Waals surface area contributed by atoms with Crippen LogP contribution in [0.4, 0.5) is 0 Å². The van der Waals surface area contributed by atoms with Crippen LogP contribution in [0.2, 0.25) is 0 Å². The first-order valence-electron chi connectivity index (χ1n) is 5.30. The van der Waals surface area contributed by atoms with E-state index in [0.29, 0.717) is 18.7 Å². The molecule has 1 amide bonds. The molecule has 1 N–H and O–H groups in total. The van der Waals surface area contributed by atoms with Gasteiger partial charge in [0.05, 0.1) is 12.1 Å². The first kappa shape index (κ1) is 15.5. The van der Waals surface area contributed by atoms with Crippen LogP contribution in [0.15, 0.2) is 11.3 Å². The summed E-state index contributed by atoms with van der Waals surface area (Å²) in [4.78, 5) is 11.0. The molecule has 84 valence electrons. The zero-order valence-electron chi connectivity index (χ0n) is 10.2. The molecule has 0 aliphatic carbocycles. The van der Waals surface area contributed by atoms with E-state index in [-0.39, 0.29) is 5.91 Å². The SMILES string of the molecule is CC.CC.CC1=C(C)C(=O)NCCO1. The molecule has 14 heavy (non-hydrogen) atoms.